The molecular formula is C14H26N4. The van der Waals surface area contributed by atoms with Crippen molar-refractivity contribution in [3.8, 4) is 0 Å². The lowest BCUT2D eigenvalue weighted by atomic mass is 10.0. The Labute approximate surface area is 111 Å². The minimum atomic E-state index is 0.569. The van der Waals surface area contributed by atoms with E-state index in [-0.39, 0.29) is 0 Å². The first kappa shape index (κ1) is 14.7. The van der Waals surface area contributed by atoms with Gasteiger partial charge in [-0.3, -0.25) is 0 Å². The number of nitrogens with two attached hydrogens (primary N) is 1. The summed E-state index contributed by atoms with van der Waals surface area (Å²) in [4.78, 5) is 11.1. The van der Waals surface area contributed by atoms with E-state index in [0.717, 1.165) is 31.2 Å². The molecular weight excluding hydrogens is 224 g/mol. The van der Waals surface area contributed by atoms with E-state index in [1.165, 1.54) is 12.8 Å². The SMILES string of the molecule is CCc1nc(N)cc(N(CC)CC(CC)CC)n1. The van der Waals surface area contributed by atoms with Crippen molar-refractivity contribution < 1.29 is 0 Å². The van der Waals surface area contributed by atoms with Crippen LogP contribution in [0.1, 0.15) is 46.4 Å². The maximum absolute atomic E-state index is 5.85. The summed E-state index contributed by atoms with van der Waals surface area (Å²) in [5.74, 6) is 3.08. The van der Waals surface area contributed by atoms with Gasteiger partial charge in [0.15, 0.2) is 0 Å². The van der Waals surface area contributed by atoms with Gasteiger partial charge in [0.05, 0.1) is 0 Å². The molecule has 0 saturated heterocycles. The van der Waals surface area contributed by atoms with Crippen molar-refractivity contribution in [1.29, 1.82) is 0 Å². The highest BCUT2D eigenvalue weighted by molar-refractivity contribution is 5.47. The lowest BCUT2D eigenvalue weighted by Gasteiger charge is -2.26. The Kier molecular flexibility index (Phi) is 5.89. The van der Waals surface area contributed by atoms with Crippen LogP contribution in [0.3, 0.4) is 0 Å². The molecule has 0 bridgehead atoms. The highest BCUT2D eigenvalue weighted by Gasteiger charge is 2.13. The van der Waals surface area contributed by atoms with Crippen LogP contribution < -0.4 is 10.6 Å². The Morgan fingerprint density at radius 1 is 1.17 bits per heavy atom. The zero-order valence-corrected chi connectivity index (χ0v) is 12.1. The molecule has 1 aromatic rings. The molecule has 1 heterocycles. The van der Waals surface area contributed by atoms with Gasteiger partial charge in [-0.2, -0.15) is 0 Å². The zero-order valence-electron chi connectivity index (χ0n) is 12.1. The van der Waals surface area contributed by atoms with E-state index in [1.807, 2.05) is 6.07 Å². The molecule has 4 heteroatoms. The van der Waals surface area contributed by atoms with Crippen LogP contribution in [0.2, 0.25) is 0 Å². The summed E-state index contributed by atoms with van der Waals surface area (Å²) in [5, 5.41) is 0. The lowest BCUT2D eigenvalue weighted by molar-refractivity contribution is 0.484. The zero-order chi connectivity index (χ0) is 13.5. The molecule has 0 fully saturated rings. The fraction of sp³-hybridized carbons (Fsp3) is 0.714. The normalized spacial score (nSPS) is 10.9. The average Bonchev–Trinajstić information content (AvgIpc) is 2.39. The van der Waals surface area contributed by atoms with Crippen molar-refractivity contribution in [3.63, 3.8) is 0 Å². The monoisotopic (exact) mass is 250 g/mol. The molecule has 0 aromatic carbocycles. The average molecular weight is 250 g/mol. The number of rotatable bonds is 7. The summed E-state index contributed by atoms with van der Waals surface area (Å²) in [6, 6.07) is 1.88. The van der Waals surface area contributed by atoms with Gasteiger partial charge in [0.2, 0.25) is 0 Å². The second kappa shape index (κ2) is 7.19. The molecule has 0 spiro atoms. The molecule has 0 aliphatic rings. The second-order valence-electron chi connectivity index (χ2n) is 4.64. The van der Waals surface area contributed by atoms with Crippen LogP contribution in [0.5, 0.6) is 0 Å². The summed E-state index contributed by atoms with van der Waals surface area (Å²) in [6.07, 6.45) is 3.23. The van der Waals surface area contributed by atoms with Gasteiger partial charge >= 0.3 is 0 Å². The third-order valence-electron chi connectivity index (χ3n) is 3.43. The quantitative estimate of drug-likeness (QED) is 0.808. The predicted octanol–water partition coefficient (Wildman–Crippen LogP) is 2.88. The highest BCUT2D eigenvalue weighted by Crippen LogP contribution is 2.18. The van der Waals surface area contributed by atoms with Crippen LogP contribution in [-0.2, 0) is 6.42 Å². The van der Waals surface area contributed by atoms with Crippen LogP contribution in [0.25, 0.3) is 0 Å². The van der Waals surface area contributed by atoms with Gasteiger partial charge in [-0.05, 0) is 12.8 Å². The Balaban J connectivity index is 2.90. The van der Waals surface area contributed by atoms with Crippen LogP contribution >= 0.6 is 0 Å². The Morgan fingerprint density at radius 3 is 2.33 bits per heavy atom. The van der Waals surface area contributed by atoms with Crippen LogP contribution in [0, 0.1) is 5.92 Å². The third kappa shape index (κ3) is 3.86. The molecule has 0 unspecified atom stereocenters. The Morgan fingerprint density at radius 2 is 1.83 bits per heavy atom. The first-order chi connectivity index (χ1) is 8.64. The van der Waals surface area contributed by atoms with Gasteiger partial charge in [-0.15, -0.1) is 0 Å². The number of hydrogen-bond donors (Lipinski definition) is 1. The summed E-state index contributed by atoms with van der Waals surface area (Å²) in [5.41, 5.74) is 5.85. The number of anilines is 2. The van der Waals surface area contributed by atoms with Gasteiger partial charge in [0.1, 0.15) is 17.5 Å². The van der Waals surface area contributed by atoms with E-state index in [0.29, 0.717) is 11.7 Å². The second-order valence-corrected chi connectivity index (χ2v) is 4.64. The molecule has 0 aliphatic heterocycles. The molecule has 2 N–H and O–H groups in total. The first-order valence-corrected chi connectivity index (χ1v) is 7.02. The molecule has 18 heavy (non-hydrogen) atoms. The van der Waals surface area contributed by atoms with E-state index in [1.54, 1.807) is 0 Å². The van der Waals surface area contributed by atoms with Crippen molar-refractivity contribution >= 4 is 11.6 Å². The van der Waals surface area contributed by atoms with Crippen molar-refractivity contribution in [2.75, 3.05) is 23.7 Å². The number of hydrogen-bond acceptors (Lipinski definition) is 4. The molecule has 0 atom stereocenters. The van der Waals surface area contributed by atoms with Gasteiger partial charge < -0.3 is 10.6 Å². The molecule has 0 amide bonds. The maximum atomic E-state index is 5.85. The predicted molar refractivity (Wildman–Crippen MR) is 77.8 cm³/mol. The van der Waals surface area contributed by atoms with Crippen molar-refractivity contribution in [2.24, 2.45) is 5.92 Å². The van der Waals surface area contributed by atoms with Gasteiger partial charge in [-0.25, -0.2) is 9.97 Å². The smallest absolute Gasteiger partial charge is 0.134 e. The fourth-order valence-corrected chi connectivity index (χ4v) is 2.07. The summed E-state index contributed by atoms with van der Waals surface area (Å²) >= 11 is 0. The Bertz CT molecular complexity index is 361. The fourth-order valence-electron chi connectivity index (χ4n) is 2.07. The van der Waals surface area contributed by atoms with Crippen LogP contribution in [0.15, 0.2) is 6.07 Å². The standard InChI is InChI=1S/C14H26N4/c1-5-11(6-2)10-18(8-4)14-9-12(15)16-13(7-3)17-14/h9,11H,5-8,10H2,1-4H3,(H2,15,16,17). The largest absolute Gasteiger partial charge is 0.384 e. The van der Waals surface area contributed by atoms with Crippen LogP contribution in [0.4, 0.5) is 11.6 Å². The van der Waals surface area contributed by atoms with E-state index in [9.17, 15) is 0 Å². The highest BCUT2D eigenvalue weighted by atomic mass is 15.2. The van der Waals surface area contributed by atoms with Crippen molar-refractivity contribution in [2.45, 2.75) is 47.0 Å². The number of nitrogens with zero attached hydrogens (tertiary/aromatic N) is 3. The summed E-state index contributed by atoms with van der Waals surface area (Å²) in [6.45, 7) is 10.7. The number of aromatic nitrogens is 2. The third-order valence-corrected chi connectivity index (χ3v) is 3.43. The van der Waals surface area contributed by atoms with Crippen molar-refractivity contribution in [3.05, 3.63) is 11.9 Å². The molecule has 0 aliphatic carbocycles. The van der Waals surface area contributed by atoms with Gasteiger partial charge in [0.25, 0.3) is 0 Å². The molecule has 0 radical (unpaired) electrons. The molecule has 0 saturated carbocycles. The van der Waals surface area contributed by atoms with Gasteiger partial charge in [-0.1, -0.05) is 33.6 Å². The van der Waals surface area contributed by atoms with E-state index < -0.39 is 0 Å². The van der Waals surface area contributed by atoms with E-state index >= 15 is 0 Å². The molecule has 102 valence electrons. The molecule has 1 aromatic heterocycles. The minimum Gasteiger partial charge on any atom is -0.384 e. The van der Waals surface area contributed by atoms with E-state index in [2.05, 4.69) is 42.6 Å². The maximum Gasteiger partial charge on any atom is 0.134 e. The van der Waals surface area contributed by atoms with Crippen molar-refractivity contribution in [1.82, 2.24) is 9.97 Å². The number of aryl methyl sites for hydroxylation is 1. The topological polar surface area (TPSA) is 55.0 Å². The van der Waals surface area contributed by atoms with E-state index in [4.69, 9.17) is 5.73 Å². The Hall–Kier alpha value is -1.32. The minimum absolute atomic E-state index is 0.569. The lowest BCUT2D eigenvalue weighted by Crippen LogP contribution is -2.30. The first-order valence-electron chi connectivity index (χ1n) is 7.02. The summed E-state index contributed by atoms with van der Waals surface area (Å²) < 4.78 is 0. The molecule has 4 nitrogen and oxygen atoms in total. The molecule has 1 rings (SSSR count). The van der Waals surface area contributed by atoms with Crippen LogP contribution in [-0.4, -0.2) is 23.1 Å². The van der Waals surface area contributed by atoms with Gasteiger partial charge in [0, 0.05) is 25.6 Å². The summed E-state index contributed by atoms with van der Waals surface area (Å²) in [7, 11) is 0. The number of nitrogen functional groups attached to an aromatic ring is 1.